The normalized spacial score (nSPS) is 11.2. The third kappa shape index (κ3) is 3.26. The molecule has 0 bridgehead atoms. The Hall–Kier alpha value is -2.55. The van der Waals surface area contributed by atoms with Crippen molar-refractivity contribution in [3.63, 3.8) is 0 Å². The minimum Gasteiger partial charge on any atom is -0.508 e. The Bertz CT molecular complexity index is 615. The first-order valence-corrected chi connectivity index (χ1v) is 6.31. The molecule has 20 heavy (non-hydrogen) atoms. The zero-order chi connectivity index (χ0) is 14.4. The van der Waals surface area contributed by atoms with Crippen LogP contribution in [-0.2, 0) is 11.2 Å². The number of aldehydes is 1. The molecule has 102 valence electrons. The van der Waals surface area contributed by atoms with Crippen molar-refractivity contribution in [1.29, 1.82) is 0 Å². The maximum atomic E-state index is 11.2. The fourth-order valence-corrected chi connectivity index (χ4v) is 1.94. The van der Waals surface area contributed by atoms with Crippen molar-refractivity contribution in [2.45, 2.75) is 6.42 Å². The summed E-state index contributed by atoms with van der Waals surface area (Å²) >= 11 is 0. The van der Waals surface area contributed by atoms with Crippen molar-refractivity contribution < 1.29 is 14.6 Å². The van der Waals surface area contributed by atoms with Crippen molar-refractivity contribution in [3.05, 3.63) is 65.7 Å². The van der Waals surface area contributed by atoms with Crippen molar-refractivity contribution in [1.82, 2.24) is 0 Å². The van der Waals surface area contributed by atoms with Crippen LogP contribution < -0.4 is 4.74 Å². The van der Waals surface area contributed by atoms with Gasteiger partial charge < -0.3 is 9.84 Å². The number of aromatic hydroxyl groups is 1. The van der Waals surface area contributed by atoms with Gasteiger partial charge in [-0.05, 0) is 30.2 Å². The highest BCUT2D eigenvalue weighted by Crippen LogP contribution is 2.24. The highest BCUT2D eigenvalue weighted by atomic mass is 16.5. The average Bonchev–Trinajstić information content (AvgIpc) is 2.50. The zero-order valence-electron chi connectivity index (χ0n) is 11.2. The van der Waals surface area contributed by atoms with Gasteiger partial charge in [0.2, 0.25) is 0 Å². The fourth-order valence-electron chi connectivity index (χ4n) is 1.94. The predicted octanol–water partition coefficient (Wildman–Crippen LogP) is 3.23. The summed E-state index contributed by atoms with van der Waals surface area (Å²) in [4.78, 5) is 11.2. The number of rotatable bonds is 5. The molecular weight excluding hydrogens is 252 g/mol. The van der Waals surface area contributed by atoms with Gasteiger partial charge in [-0.15, -0.1) is 0 Å². The molecule has 0 saturated heterocycles. The first-order chi connectivity index (χ1) is 9.74. The predicted molar refractivity (Wildman–Crippen MR) is 78.8 cm³/mol. The van der Waals surface area contributed by atoms with E-state index >= 15 is 0 Å². The van der Waals surface area contributed by atoms with Gasteiger partial charge in [0.15, 0.2) is 0 Å². The molecular formula is C17H16O3. The van der Waals surface area contributed by atoms with Crippen molar-refractivity contribution in [3.8, 4) is 11.5 Å². The summed E-state index contributed by atoms with van der Waals surface area (Å²) in [5, 5.41) is 9.81. The van der Waals surface area contributed by atoms with E-state index in [4.69, 9.17) is 4.74 Å². The van der Waals surface area contributed by atoms with Crippen molar-refractivity contribution in [2.75, 3.05) is 7.11 Å². The standard InChI is InChI=1S/C17H16O3/c1-20-16-9-10-17(19)14(11-16)7-8-15(12-18)13-5-3-2-4-6-13/h2-6,8-12,19H,7H2,1H3. The topological polar surface area (TPSA) is 46.5 Å². The van der Waals surface area contributed by atoms with Crippen LogP contribution in [0.2, 0.25) is 0 Å². The highest BCUT2D eigenvalue weighted by molar-refractivity contribution is 6.06. The van der Waals surface area contributed by atoms with E-state index in [0.29, 0.717) is 17.7 Å². The van der Waals surface area contributed by atoms with Gasteiger partial charge >= 0.3 is 0 Å². The van der Waals surface area contributed by atoms with Crippen LogP contribution in [0.1, 0.15) is 11.1 Å². The van der Waals surface area contributed by atoms with Crippen LogP contribution >= 0.6 is 0 Å². The monoisotopic (exact) mass is 268 g/mol. The summed E-state index contributed by atoms with van der Waals surface area (Å²) in [6, 6.07) is 14.5. The van der Waals surface area contributed by atoms with Crippen LogP contribution in [0.3, 0.4) is 0 Å². The Morgan fingerprint density at radius 1 is 1.20 bits per heavy atom. The largest absolute Gasteiger partial charge is 0.508 e. The average molecular weight is 268 g/mol. The Morgan fingerprint density at radius 2 is 1.95 bits per heavy atom. The SMILES string of the molecule is COc1ccc(O)c(CC=C(C=O)c2ccccc2)c1. The van der Waals surface area contributed by atoms with Crippen LogP contribution in [0.5, 0.6) is 11.5 Å². The van der Waals surface area contributed by atoms with Gasteiger partial charge in [0.25, 0.3) is 0 Å². The highest BCUT2D eigenvalue weighted by Gasteiger charge is 2.04. The van der Waals surface area contributed by atoms with E-state index in [2.05, 4.69) is 0 Å². The van der Waals surface area contributed by atoms with Crippen molar-refractivity contribution >= 4 is 11.9 Å². The van der Waals surface area contributed by atoms with Gasteiger partial charge in [-0.1, -0.05) is 36.4 Å². The molecule has 3 nitrogen and oxygen atoms in total. The van der Waals surface area contributed by atoms with Gasteiger partial charge in [0, 0.05) is 11.1 Å². The van der Waals surface area contributed by atoms with Crippen LogP contribution in [-0.4, -0.2) is 18.5 Å². The molecule has 2 rings (SSSR count). The Morgan fingerprint density at radius 3 is 2.60 bits per heavy atom. The fraction of sp³-hybridized carbons (Fsp3) is 0.118. The zero-order valence-corrected chi connectivity index (χ0v) is 11.2. The van der Waals surface area contributed by atoms with E-state index in [-0.39, 0.29) is 5.75 Å². The molecule has 0 amide bonds. The van der Waals surface area contributed by atoms with E-state index in [1.165, 1.54) is 0 Å². The second kappa shape index (κ2) is 6.57. The van der Waals surface area contributed by atoms with Crippen LogP contribution in [0, 0.1) is 0 Å². The quantitative estimate of drug-likeness (QED) is 0.669. The number of methoxy groups -OCH3 is 1. The first kappa shape index (κ1) is 13.9. The lowest BCUT2D eigenvalue weighted by atomic mass is 10.0. The number of ether oxygens (including phenoxy) is 1. The summed E-state index contributed by atoms with van der Waals surface area (Å²) in [6.45, 7) is 0. The minimum absolute atomic E-state index is 0.195. The lowest BCUT2D eigenvalue weighted by Gasteiger charge is -2.06. The van der Waals surface area contributed by atoms with E-state index in [1.807, 2.05) is 30.3 Å². The molecule has 0 spiro atoms. The van der Waals surface area contributed by atoms with Crippen LogP contribution in [0.4, 0.5) is 0 Å². The summed E-state index contributed by atoms with van der Waals surface area (Å²) in [5.74, 6) is 0.874. The number of phenols is 1. The Labute approximate surface area is 118 Å². The summed E-state index contributed by atoms with van der Waals surface area (Å²) in [5.41, 5.74) is 2.19. The Balaban J connectivity index is 2.25. The van der Waals surface area contributed by atoms with Gasteiger partial charge in [-0.2, -0.15) is 0 Å². The molecule has 0 aliphatic rings. The number of allylic oxidation sites excluding steroid dienone is 2. The molecule has 2 aromatic carbocycles. The molecule has 0 aliphatic heterocycles. The van der Waals surface area contributed by atoms with E-state index < -0.39 is 0 Å². The number of phenolic OH excluding ortho intramolecular Hbond substituents is 1. The van der Waals surface area contributed by atoms with Crippen LogP contribution in [0.15, 0.2) is 54.6 Å². The second-order valence-electron chi connectivity index (χ2n) is 4.34. The summed E-state index contributed by atoms with van der Waals surface area (Å²) in [6.07, 6.45) is 3.09. The number of carbonyl (C=O) groups is 1. The third-order valence-electron chi connectivity index (χ3n) is 3.06. The molecule has 3 heteroatoms. The lowest BCUT2D eigenvalue weighted by Crippen LogP contribution is -1.90. The number of benzene rings is 2. The molecule has 0 radical (unpaired) electrons. The Kier molecular flexibility index (Phi) is 4.56. The third-order valence-corrected chi connectivity index (χ3v) is 3.06. The summed E-state index contributed by atoms with van der Waals surface area (Å²) in [7, 11) is 1.58. The molecule has 0 heterocycles. The number of hydrogen-bond donors (Lipinski definition) is 1. The number of hydrogen-bond acceptors (Lipinski definition) is 3. The van der Waals surface area contributed by atoms with E-state index in [9.17, 15) is 9.90 Å². The molecule has 0 unspecified atom stereocenters. The van der Waals surface area contributed by atoms with Gasteiger partial charge in [0.05, 0.1) is 7.11 Å². The van der Waals surface area contributed by atoms with Crippen molar-refractivity contribution in [2.24, 2.45) is 0 Å². The summed E-state index contributed by atoms with van der Waals surface area (Å²) < 4.78 is 5.13. The molecule has 1 N–H and O–H groups in total. The van der Waals surface area contributed by atoms with E-state index in [0.717, 1.165) is 17.4 Å². The molecule has 0 fully saturated rings. The molecule has 0 aromatic heterocycles. The minimum atomic E-state index is 0.195. The second-order valence-corrected chi connectivity index (χ2v) is 4.34. The smallest absolute Gasteiger partial charge is 0.150 e. The molecule has 0 aliphatic carbocycles. The van der Waals surface area contributed by atoms with Crippen LogP contribution in [0.25, 0.3) is 5.57 Å². The van der Waals surface area contributed by atoms with Gasteiger partial charge in [-0.25, -0.2) is 0 Å². The molecule has 2 aromatic rings. The van der Waals surface area contributed by atoms with Gasteiger partial charge in [0.1, 0.15) is 17.8 Å². The van der Waals surface area contributed by atoms with E-state index in [1.54, 1.807) is 31.4 Å². The molecule has 0 saturated carbocycles. The maximum Gasteiger partial charge on any atom is 0.150 e. The first-order valence-electron chi connectivity index (χ1n) is 6.31. The number of carbonyl (C=O) groups excluding carboxylic acids is 1. The maximum absolute atomic E-state index is 11.2. The molecule has 0 atom stereocenters. The lowest BCUT2D eigenvalue weighted by molar-refractivity contribution is -0.103. The van der Waals surface area contributed by atoms with Gasteiger partial charge in [-0.3, -0.25) is 4.79 Å².